The van der Waals surface area contributed by atoms with Crippen LogP contribution in [0.3, 0.4) is 0 Å². The summed E-state index contributed by atoms with van der Waals surface area (Å²) in [7, 11) is 0. The molecule has 0 rings (SSSR count). The molecule has 0 unspecified atom stereocenters. The van der Waals surface area contributed by atoms with Crippen molar-refractivity contribution in [2.24, 2.45) is 0 Å². The third kappa shape index (κ3) is 41.1. The zero-order valence-corrected chi connectivity index (χ0v) is 7.81. The van der Waals surface area contributed by atoms with E-state index in [-0.39, 0.29) is 76.2 Å². The van der Waals surface area contributed by atoms with Gasteiger partial charge < -0.3 is 5.48 Å². The van der Waals surface area contributed by atoms with E-state index in [9.17, 15) is 0 Å². The van der Waals surface area contributed by atoms with E-state index in [0.29, 0.717) is 0 Å². The Morgan fingerprint density at radius 3 is 0.500 bits per heavy atom. The molecule has 1 nitrogen and oxygen atoms in total. The van der Waals surface area contributed by atoms with Crippen LogP contribution in [0.4, 0.5) is 0 Å². The zero-order valence-electron chi connectivity index (χ0n) is 2.54. The van der Waals surface area contributed by atoms with Gasteiger partial charge in [-0.05, 0) is 0 Å². The maximum Gasteiger partial charge on any atom is 0 e. The number of hydrogen-bond acceptors (Lipinski definition) is 0. The molecule has 0 radical (unpaired) electrons. The van der Waals surface area contributed by atoms with Gasteiger partial charge in [-0.1, -0.05) is 0 Å². The molecule has 2 N–H and O–H groups in total. The van der Waals surface area contributed by atoms with E-state index in [0.717, 1.165) is 0 Å². The van der Waals surface area contributed by atoms with Crippen LogP contribution in [-0.2, 0) is 21.1 Å². The molecule has 0 amide bonds. The van der Waals surface area contributed by atoms with Gasteiger partial charge in [0.1, 0.15) is 0 Å². The van der Waals surface area contributed by atoms with Crippen molar-refractivity contribution >= 4 is 49.6 Å². The van der Waals surface area contributed by atoms with Crippen LogP contribution >= 0.6 is 49.6 Å². The minimum atomic E-state index is 0. The van der Waals surface area contributed by atoms with Gasteiger partial charge in [-0.3, -0.25) is 0 Å². The standard InChI is InChI=1S/4ClH.Mo.H2O/h4*1H;;1H2. The summed E-state index contributed by atoms with van der Waals surface area (Å²) in [6.07, 6.45) is 0. The third-order valence-corrected chi connectivity index (χ3v) is 0. The van der Waals surface area contributed by atoms with Crippen LogP contribution in [0.5, 0.6) is 0 Å². The van der Waals surface area contributed by atoms with Crippen molar-refractivity contribution in [1.29, 1.82) is 0 Å². The van der Waals surface area contributed by atoms with Crippen LogP contribution in [0.2, 0.25) is 0 Å². The van der Waals surface area contributed by atoms with E-state index in [1.807, 2.05) is 0 Å². The quantitative estimate of drug-likeness (QED) is 0.578. The summed E-state index contributed by atoms with van der Waals surface area (Å²) in [5.74, 6) is 0. The second kappa shape index (κ2) is 70.2. The van der Waals surface area contributed by atoms with Crippen LogP contribution in [0.15, 0.2) is 0 Å². The summed E-state index contributed by atoms with van der Waals surface area (Å²) in [5.41, 5.74) is 0. The number of rotatable bonds is 0. The Morgan fingerprint density at radius 1 is 0.500 bits per heavy atom. The van der Waals surface area contributed by atoms with E-state index in [1.165, 1.54) is 0 Å². The molecular weight excluding hydrogens is 254 g/mol. The topological polar surface area (TPSA) is 31.5 Å². The molecule has 0 spiro atoms. The van der Waals surface area contributed by atoms with Gasteiger partial charge in [-0.15, -0.1) is 49.6 Å². The molecule has 0 atom stereocenters. The average molecular weight is 260 g/mol. The molecule has 6 heavy (non-hydrogen) atoms. The van der Waals surface area contributed by atoms with Crippen LogP contribution in [0, 0.1) is 0 Å². The van der Waals surface area contributed by atoms with E-state index >= 15 is 0 Å². The summed E-state index contributed by atoms with van der Waals surface area (Å²) < 4.78 is 0. The van der Waals surface area contributed by atoms with Gasteiger partial charge in [-0.2, -0.15) is 0 Å². The largest absolute Gasteiger partial charge is 0.412 e. The monoisotopic (exact) mass is 260 g/mol. The van der Waals surface area contributed by atoms with Crippen molar-refractivity contribution < 1.29 is 26.5 Å². The van der Waals surface area contributed by atoms with E-state index < -0.39 is 0 Å². The molecule has 0 aromatic heterocycles. The molecule has 0 fully saturated rings. The normalized spacial score (nSPS) is 0. The summed E-state index contributed by atoms with van der Waals surface area (Å²) in [6, 6.07) is 0. The molecule has 0 aromatic carbocycles. The van der Waals surface area contributed by atoms with Gasteiger partial charge in [-0.25, -0.2) is 0 Å². The second-order valence-corrected chi connectivity index (χ2v) is 0. The summed E-state index contributed by atoms with van der Waals surface area (Å²) in [6.45, 7) is 0. The van der Waals surface area contributed by atoms with Crippen molar-refractivity contribution in [3.8, 4) is 0 Å². The molecule has 0 aliphatic rings. The number of hydrogen-bond donors (Lipinski definition) is 0. The van der Waals surface area contributed by atoms with Crippen molar-refractivity contribution in [3.63, 3.8) is 0 Å². The van der Waals surface area contributed by atoms with Gasteiger partial charge in [0.2, 0.25) is 0 Å². The summed E-state index contributed by atoms with van der Waals surface area (Å²) in [5, 5.41) is 0. The van der Waals surface area contributed by atoms with Gasteiger partial charge >= 0.3 is 0 Å². The average Bonchev–Trinajstić information content (AvgIpc) is 0. The zero-order chi connectivity index (χ0) is 0. The molecule has 0 aliphatic carbocycles. The van der Waals surface area contributed by atoms with Gasteiger partial charge in [0.15, 0.2) is 0 Å². The fourth-order valence-electron chi connectivity index (χ4n) is 0. The minimum absolute atomic E-state index is 0. The van der Waals surface area contributed by atoms with Crippen molar-refractivity contribution in [1.82, 2.24) is 0 Å². The van der Waals surface area contributed by atoms with E-state index in [4.69, 9.17) is 0 Å². The molecule has 0 saturated heterocycles. The second-order valence-electron chi connectivity index (χ2n) is 0. The minimum Gasteiger partial charge on any atom is -0.412 e. The summed E-state index contributed by atoms with van der Waals surface area (Å²) in [4.78, 5) is 0. The Balaban J connectivity index is 0. The first kappa shape index (κ1) is 111. The van der Waals surface area contributed by atoms with Crippen molar-refractivity contribution in [2.75, 3.05) is 0 Å². The van der Waals surface area contributed by atoms with Gasteiger partial charge in [0.05, 0.1) is 0 Å². The maximum absolute atomic E-state index is 0. The van der Waals surface area contributed by atoms with E-state index in [1.54, 1.807) is 0 Å². The predicted molar refractivity (Wildman–Crippen MR) is 32.6 cm³/mol. The molecule has 0 saturated carbocycles. The van der Waals surface area contributed by atoms with Gasteiger partial charge in [0.25, 0.3) is 0 Å². The Morgan fingerprint density at radius 2 is 0.500 bits per heavy atom. The fourth-order valence-corrected chi connectivity index (χ4v) is 0. The Labute approximate surface area is 75.8 Å². The van der Waals surface area contributed by atoms with Crippen LogP contribution in [0.25, 0.3) is 0 Å². The van der Waals surface area contributed by atoms with Crippen LogP contribution in [0.1, 0.15) is 0 Å². The molecule has 6 heteroatoms. The Bertz CT molecular complexity index is 7.51. The molecular formula is H6Cl4MoO. The molecule has 0 aromatic rings. The Kier molecular flexibility index (Phi) is 1300. The first-order valence-electron chi connectivity index (χ1n) is 0. The van der Waals surface area contributed by atoms with Crippen LogP contribution in [-0.4, -0.2) is 5.48 Å². The first-order chi connectivity index (χ1) is 0. The third-order valence-electron chi connectivity index (χ3n) is 0. The molecule has 0 bridgehead atoms. The summed E-state index contributed by atoms with van der Waals surface area (Å²) >= 11 is 0. The SMILES string of the molecule is Cl.Cl.Cl.Cl.O.[Mo]. The van der Waals surface area contributed by atoms with Crippen LogP contribution < -0.4 is 0 Å². The molecule has 0 heterocycles. The molecule has 0 aliphatic heterocycles. The maximum atomic E-state index is 0. The smallest absolute Gasteiger partial charge is 0 e. The van der Waals surface area contributed by atoms with E-state index in [2.05, 4.69) is 0 Å². The Hall–Kier alpha value is 1.81. The first-order valence-corrected chi connectivity index (χ1v) is 0. The fraction of sp³-hybridized carbons (Fsp3) is 0. The van der Waals surface area contributed by atoms with Gasteiger partial charge in [0, 0.05) is 21.1 Å². The molecule has 46 valence electrons. The van der Waals surface area contributed by atoms with Crippen molar-refractivity contribution in [2.45, 2.75) is 0 Å². The van der Waals surface area contributed by atoms with Crippen molar-refractivity contribution in [3.05, 3.63) is 0 Å². The number of halogens is 4. The predicted octanol–water partition coefficient (Wildman–Crippen LogP) is 0.860.